The molecule has 0 saturated heterocycles. The average Bonchev–Trinajstić information content (AvgIpc) is 3.08. The van der Waals surface area contributed by atoms with E-state index in [-0.39, 0.29) is 11.8 Å². The molecule has 0 aliphatic heterocycles. The van der Waals surface area contributed by atoms with Crippen molar-refractivity contribution >= 4 is 17.4 Å². The molecule has 0 aromatic carbocycles. The van der Waals surface area contributed by atoms with Crippen LogP contribution in [0.2, 0.25) is 0 Å². The van der Waals surface area contributed by atoms with Gasteiger partial charge in [0.1, 0.15) is 5.82 Å². The second-order valence-electron chi connectivity index (χ2n) is 3.97. The number of amides is 1. The van der Waals surface area contributed by atoms with Gasteiger partial charge in [0, 0.05) is 37.0 Å². The zero-order valence-corrected chi connectivity index (χ0v) is 9.07. The summed E-state index contributed by atoms with van der Waals surface area (Å²) >= 11 is 0. The molecule has 0 spiro atoms. The van der Waals surface area contributed by atoms with Gasteiger partial charge < -0.3 is 16.4 Å². The lowest BCUT2D eigenvalue weighted by molar-refractivity contribution is -0.122. The van der Waals surface area contributed by atoms with Crippen molar-refractivity contribution in [1.29, 1.82) is 0 Å². The molecule has 1 aliphatic carbocycles. The van der Waals surface area contributed by atoms with Gasteiger partial charge in [-0.15, -0.1) is 0 Å². The highest BCUT2D eigenvalue weighted by Crippen LogP contribution is 2.28. The number of hydrogen-bond donors (Lipinski definition) is 3. The Morgan fingerprint density at radius 3 is 3.00 bits per heavy atom. The fourth-order valence-corrected chi connectivity index (χ4v) is 1.41. The summed E-state index contributed by atoms with van der Waals surface area (Å²) in [6, 6.07) is 3.50. The third-order valence-corrected chi connectivity index (χ3v) is 2.46. The van der Waals surface area contributed by atoms with Gasteiger partial charge in [-0.25, -0.2) is 4.98 Å². The van der Waals surface area contributed by atoms with E-state index in [1.807, 2.05) is 0 Å². The van der Waals surface area contributed by atoms with E-state index in [0.29, 0.717) is 18.8 Å². The van der Waals surface area contributed by atoms with Crippen molar-refractivity contribution < 1.29 is 4.79 Å². The Labute approximate surface area is 94.4 Å². The summed E-state index contributed by atoms with van der Waals surface area (Å²) in [5.41, 5.74) is 6.29. The predicted molar refractivity (Wildman–Crippen MR) is 62.9 cm³/mol. The standard InChI is InChI=1S/C11H16N4O/c12-9-3-4-13-10(7-9)14-5-6-15-11(16)8-1-2-8/h3-4,7-8H,1-2,5-6H2,(H,15,16)(H3,12,13,14). The molecule has 2 rings (SSSR count). The summed E-state index contributed by atoms with van der Waals surface area (Å²) < 4.78 is 0. The molecule has 4 N–H and O–H groups in total. The minimum Gasteiger partial charge on any atom is -0.399 e. The zero-order chi connectivity index (χ0) is 11.4. The van der Waals surface area contributed by atoms with Gasteiger partial charge in [-0.1, -0.05) is 0 Å². The first-order valence-corrected chi connectivity index (χ1v) is 5.49. The lowest BCUT2D eigenvalue weighted by Gasteiger charge is -2.07. The number of hydrogen-bond acceptors (Lipinski definition) is 4. The highest BCUT2D eigenvalue weighted by atomic mass is 16.2. The average molecular weight is 220 g/mol. The second kappa shape index (κ2) is 4.83. The molecule has 1 aromatic rings. The number of nitrogens with two attached hydrogens (primary N) is 1. The van der Waals surface area contributed by atoms with E-state index in [4.69, 9.17) is 5.73 Å². The molecule has 1 saturated carbocycles. The molecule has 16 heavy (non-hydrogen) atoms. The van der Waals surface area contributed by atoms with Crippen molar-refractivity contribution in [2.45, 2.75) is 12.8 Å². The Morgan fingerprint density at radius 2 is 2.31 bits per heavy atom. The summed E-state index contributed by atoms with van der Waals surface area (Å²) in [6.45, 7) is 1.28. The quantitative estimate of drug-likeness (QED) is 0.635. The van der Waals surface area contributed by atoms with Gasteiger partial charge in [0.25, 0.3) is 0 Å². The number of nitrogens with one attached hydrogen (secondary N) is 2. The molecule has 0 radical (unpaired) electrons. The summed E-state index contributed by atoms with van der Waals surface area (Å²) in [5.74, 6) is 1.17. The maximum Gasteiger partial charge on any atom is 0.223 e. The van der Waals surface area contributed by atoms with Crippen LogP contribution < -0.4 is 16.4 Å². The highest BCUT2D eigenvalue weighted by molar-refractivity contribution is 5.80. The lowest BCUT2D eigenvalue weighted by Crippen LogP contribution is -2.29. The minimum absolute atomic E-state index is 0.169. The molecule has 1 amide bonds. The van der Waals surface area contributed by atoms with Crippen molar-refractivity contribution in [2.75, 3.05) is 24.1 Å². The van der Waals surface area contributed by atoms with E-state index in [1.54, 1.807) is 18.3 Å². The van der Waals surface area contributed by atoms with E-state index in [9.17, 15) is 4.79 Å². The van der Waals surface area contributed by atoms with Crippen molar-refractivity contribution in [3.05, 3.63) is 18.3 Å². The normalized spacial score (nSPS) is 14.5. The molecule has 5 nitrogen and oxygen atoms in total. The lowest BCUT2D eigenvalue weighted by atomic mass is 10.4. The van der Waals surface area contributed by atoms with Crippen LogP contribution in [0, 0.1) is 5.92 Å². The molecule has 1 aromatic heterocycles. The minimum atomic E-state index is 0.169. The van der Waals surface area contributed by atoms with Crippen molar-refractivity contribution in [3.63, 3.8) is 0 Å². The van der Waals surface area contributed by atoms with Crippen LogP contribution in [-0.2, 0) is 4.79 Å². The Morgan fingerprint density at radius 1 is 1.50 bits per heavy atom. The first-order valence-electron chi connectivity index (χ1n) is 5.49. The Hall–Kier alpha value is -1.78. The van der Waals surface area contributed by atoms with E-state index in [2.05, 4.69) is 15.6 Å². The molecule has 1 aliphatic rings. The monoisotopic (exact) mass is 220 g/mol. The predicted octanol–water partition coefficient (Wildman–Crippen LogP) is 0.602. The van der Waals surface area contributed by atoms with Crippen LogP contribution in [0.5, 0.6) is 0 Å². The van der Waals surface area contributed by atoms with Crippen LogP contribution in [0.25, 0.3) is 0 Å². The number of anilines is 2. The van der Waals surface area contributed by atoms with Crippen molar-refractivity contribution in [2.24, 2.45) is 5.92 Å². The topological polar surface area (TPSA) is 80.0 Å². The van der Waals surface area contributed by atoms with Crippen molar-refractivity contribution in [1.82, 2.24) is 10.3 Å². The highest BCUT2D eigenvalue weighted by Gasteiger charge is 2.28. The van der Waals surface area contributed by atoms with Crippen LogP contribution in [-0.4, -0.2) is 24.0 Å². The summed E-state index contributed by atoms with van der Waals surface area (Å²) in [6.07, 6.45) is 3.73. The maximum absolute atomic E-state index is 11.3. The summed E-state index contributed by atoms with van der Waals surface area (Å²) in [4.78, 5) is 15.4. The smallest absolute Gasteiger partial charge is 0.223 e. The molecular formula is C11H16N4O. The van der Waals surface area contributed by atoms with Gasteiger partial charge in [-0.05, 0) is 18.9 Å². The van der Waals surface area contributed by atoms with Gasteiger partial charge in [-0.3, -0.25) is 4.79 Å². The third-order valence-electron chi connectivity index (χ3n) is 2.46. The van der Waals surface area contributed by atoms with E-state index in [1.165, 1.54) is 0 Å². The molecule has 0 atom stereocenters. The second-order valence-corrected chi connectivity index (χ2v) is 3.97. The SMILES string of the molecule is Nc1ccnc(NCCNC(=O)C2CC2)c1. The molecule has 0 bridgehead atoms. The van der Waals surface area contributed by atoms with Crippen LogP contribution in [0.15, 0.2) is 18.3 Å². The van der Waals surface area contributed by atoms with Gasteiger partial charge in [0.2, 0.25) is 5.91 Å². The number of rotatable bonds is 5. The number of nitrogen functional groups attached to an aromatic ring is 1. The van der Waals surface area contributed by atoms with Gasteiger partial charge in [0.15, 0.2) is 0 Å². The largest absolute Gasteiger partial charge is 0.399 e. The van der Waals surface area contributed by atoms with Crippen molar-refractivity contribution in [3.8, 4) is 0 Å². The number of carbonyl (C=O) groups is 1. The van der Waals surface area contributed by atoms with Gasteiger partial charge in [-0.2, -0.15) is 0 Å². The zero-order valence-electron chi connectivity index (χ0n) is 9.07. The molecule has 1 heterocycles. The maximum atomic E-state index is 11.3. The summed E-state index contributed by atoms with van der Waals surface area (Å²) in [5, 5.41) is 5.96. The Kier molecular flexibility index (Phi) is 3.24. The van der Waals surface area contributed by atoms with Crippen LogP contribution in [0.1, 0.15) is 12.8 Å². The van der Waals surface area contributed by atoms with Crippen LogP contribution >= 0.6 is 0 Å². The van der Waals surface area contributed by atoms with Gasteiger partial charge >= 0.3 is 0 Å². The summed E-state index contributed by atoms with van der Waals surface area (Å²) in [7, 11) is 0. The first kappa shape index (κ1) is 10.7. The molecular weight excluding hydrogens is 204 g/mol. The number of pyridine rings is 1. The Balaban J connectivity index is 1.65. The first-order chi connectivity index (χ1) is 7.75. The fourth-order valence-electron chi connectivity index (χ4n) is 1.41. The molecule has 1 fully saturated rings. The van der Waals surface area contributed by atoms with E-state index in [0.717, 1.165) is 18.7 Å². The van der Waals surface area contributed by atoms with Gasteiger partial charge in [0.05, 0.1) is 0 Å². The van der Waals surface area contributed by atoms with E-state index >= 15 is 0 Å². The van der Waals surface area contributed by atoms with Crippen LogP contribution in [0.3, 0.4) is 0 Å². The molecule has 0 unspecified atom stereocenters. The third kappa shape index (κ3) is 3.12. The number of carbonyl (C=O) groups excluding carboxylic acids is 1. The number of nitrogens with zero attached hydrogens (tertiary/aromatic N) is 1. The fraction of sp³-hybridized carbons (Fsp3) is 0.455. The molecule has 5 heteroatoms. The van der Waals surface area contributed by atoms with Crippen LogP contribution in [0.4, 0.5) is 11.5 Å². The van der Waals surface area contributed by atoms with E-state index < -0.39 is 0 Å². The molecule has 86 valence electrons. The Bertz CT molecular complexity index is 376. The number of aromatic nitrogens is 1.